The molecule has 2 aromatic carbocycles. The van der Waals surface area contributed by atoms with Crippen molar-refractivity contribution in [2.24, 2.45) is 11.8 Å². The van der Waals surface area contributed by atoms with Crippen molar-refractivity contribution in [3.8, 4) is 0 Å². The number of rotatable bonds is 19. The van der Waals surface area contributed by atoms with Crippen molar-refractivity contribution in [1.82, 2.24) is 4.90 Å². The Bertz CT molecular complexity index is 1330. The Morgan fingerprint density at radius 2 is 1.65 bits per heavy atom. The molecule has 2 amide bonds. The Hall–Kier alpha value is -4.19. The molecule has 0 radical (unpaired) electrons. The molecule has 1 fully saturated rings. The summed E-state index contributed by atoms with van der Waals surface area (Å²) in [7, 11) is 0. The average Bonchev–Trinajstić information content (AvgIpc) is 3.44. The quantitative estimate of drug-likeness (QED) is 0.137. The average molecular weight is 638 g/mol. The van der Waals surface area contributed by atoms with Crippen LogP contribution in [0.5, 0.6) is 0 Å². The molecule has 0 aromatic heterocycles. The molecular weight excluding hydrogens is 594 g/mol. The lowest BCUT2D eigenvalue weighted by Crippen LogP contribution is -2.50. The molecule has 1 heterocycles. The molecule has 4 atom stereocenters. The van der Waals surface area contributed by atoms with Gasteiger partial charge in [-0.3, -0.25) is 19.2 Å². The summed E-state index contributed by atoms with van der Waals surface area (Å²) >= 11 is 0. The van der Waals surface area contributed by atoms with Crippen LogP contribution >= 0.6 is 0 Å². The van der Waals surface area contributed by atoms with Crippen LogP contribution in [0, 0.1) is 11.8 Å². The van der Waals surface area contributed by atoms with Gasteiger partial charge >= 0.3 is 12.1 Å². The number of carbonyl (C=O) groups is 5. The van der Waals surface area contributed by atoms with E-state index in [0.29, 0.717) is 18.6 Å². The van der Waals surface area contributed by atoms with Crippen LogP contribution < -0.4 is 0 Å². The number of carbonyl (C=O) groups excluding carboxylic acids is 5. The van der Waals surface area contributed by atoms with Crippen molar-refractivity contribution in [3.05, 3.63) is 83.9 Å². The molecule has 0 saturated carbocycles. The number of aliphatic hydroxyl groups excluding tert-OH is 1. The van der Waals surface area contributed by atoms with Crippen molar-refractivity contribution in [1.29, 1.82) is 0 Å². The molecule has 0 bridgehead atoms. The Labute approximate surface area is 269 Å². The van der Waals surface area contributed by atoms with Crippen molar-refractivity contribution < 1.29 is 48.0 Å². The summed E-state index contributed by atoms with van der Waals surface area (Å²) in [6.45, 7) is 5.32. The minimum atomic E-state index is -1.58. The Morgan fingerprint density at radius 1 is 1.00 bits per heavy atom. The Balaban J connectivity index is 1.61. The standard InChI is InChI=1S/C35H43NO10/c1-24(2)31-23-45-35(42)36(31)34(41)30(19-26-11-6-4-7-12-26)33(46-25(3)38)32(40)17-16-28(39)15-10-18-43-22-29(20-37)44-21-27-13-8-5-9-14-27/h4-9,11-14,16-17,24,29-31,33,37H,10,15,18-23H2,1-3H3. The number of nitrogens with zero attached hydrogens (tertiary/aromatic N) is 1. The van der Waals surface area contributed by atoms with Crippen LogP contribution in [0.2, 0.25) is 0 Å². The maximum atomic E-state index is 13.9. The molecule has 1 saturated heterocycles. The van der Waals surface area contributed by atoms with Gasteiger partial charge in [0.2, 0.25) is 5.91 Å². The van der Waals surface area contributed by atoms with E-state index in [9.17, 15) is 29.1 Å². The molecule has 11 heteroatoms. The van der Waals surface area contributed by atoms with Gasteiger partial charge in [-0.2, -0.15) is 0 Å². The SMILES string of the molecule is CC(=O)OC(C(=O)C=CC(=O)CCCOCC(CO)OCc1ccccc1)C(Cc1ccccc1)C(=O)N1C(=O)OCC1C(C)C. The molecule has 46 heavy (non-hydrogen) atoms. The third-order valence-corrected chi connectivity index (χ3v) is 7.45. The maximum Gasteiger partial charge on any atom is 0.416 e. The highest BCUT2D eigenvalue weighted by atomic mass is 16.6. The molecule has 0 spiro atoms. The zero-order chi connectivity index (χ0) is 33.5. The molecule has 4 unspecified atom stereocenters. The maximum absolute atomic E-state index is 13.9. The van der Waals surface area contributed by atoms with Crippen LogP contribution in [-0.2, 0) is 51.2 Å². The van der Waals surface area contributed by atoms with E-state index in [1.165, 1.54) is 0 Å². The molecule has 11 nitrogen and oxygen atoms in total. The van der Waals surface area contributed by atoms with Crippen LogP contribution in [0.3, 0.4) is 0 Å². The normalized spacial score (nSPS) is 16.7. The van der Waals surface area contributed by atoms with Crippen LogP contribution in [0.4, 0.5) is 4.79 Å². The van der Waals surface area contributed by atoms with Crippen molar-refractivity contribution in [2.45, 2.75) is 64.9 Å². The summed E-state index contributed by atoms with van der Waals surface area (Å²) in [5.74, 6) is -3.98. The highest BCUT2D eigenvalue weighted by molar-refractivity contribution is 6.04. The lowest BCUT2D eigenvalue weighted by Gasteiger charge is -2.30. The van der Waals surface area contributed by atoms with E-state index >= 15 is 0 Å². The predicted molar refractivity (Wildman–Crippen MR) is 167 cm³/mol. The molecule has 248 valence electrons. The summed E-state index contributed by atoms with van der Waals surface area (Å²) < 4.78 is 21.8. The lowest BCUT2D eigenvalue weighted by molar-refractivity contribution is -0.159. The number of cyclic esters (lactones) is 1. The van der Waals surface area contributed by atoms with Gasteiger partial charge in [-0.15, -0.1) is 0 Å². The fourth-order valence-electron chi connectivity index (χ4n) is 4.93. The highest BCUT2D eigenvalue weighted by Crippen LogP contribution is 2.27. The summed E-state index contributed by atoms with van der Waals surface area (Å²) in [6.07, 6.45) is -0.407. The van der Waals surface area contributed by atoms with E-state index in [-0.39, 0.29) is 51.0 Å². The number of amides is 2. The van der Waals surface area contributed by atoms with E-state index in [0.717, 1.165) is 29.5 Å². The van der Waals surface area contributed by atoms with Crippen LogP contribution in [0.1, 0.15) is 44.7 Å². The second kappa shape index (κ2) is 18.7. The van der Waals surface area contributed by atoms with Gasteiger partial charge in [-0.05, 0) is 42.0 Å². The van der Waals surface area contributed by atoms with E-state index in [2.05, 4.69) is 0 Å². The van der Waals surface area contributed by atoms with E-state index in [1.54, 1.807) is 30.3 Å². The molecule has 1 aliphatic rings. The van der Waals surface area contributed by atoms with Gasteiger partial charge in [0.25, 0.3) is 0 Å². The first kappa shape index (κ1) is 36.3. The van der Waals surface area contributed by atoms with Crippen molar-refractivity contribution in [3.63, 3.8) is 0 Å². The molecule has 0 aliphatic carbocycles. The van der Waals surface area contributed by atoms with E-state index < -0.39 is 47.9 Å². The van der Waals surface area contributed by atoms with Crippen LogP contribution in [0.25, 0.3) is 0 Å². The Morgan fingerprint density at radius 3 is 2.26 bits per heavy atom. The summed E-state index contributed by atoms with van der Waals surface area (Å²) in [4.78, 5) is 65.6. The smallest absolute Gasteiger partial charge is 0.416 e. The first-order chi connectivity index (χ1) is 22.1. The van der Waals surface area contributed by atoms with E-state index in [4.69, 9.17) is 18.9 Å². The zero-order valence-electron chi connectivity index (χ0n) is 26.5. The number of aliphatic hydroxyl groups is 1. The first-order valence-electron chi connectivity index (χ1n) is 15.4. The number of benzene rings is 2. The highest BCUT2D eigenvalue weighted by Gasteiger charge is 2.46. The zero-order valence-corrected chi connectivity index (χ0v) is 26.5. The monoisotopic (exact) mass is 637 g/mol. The predicted octanol–water partition coefficient (Wildman–Crippen LogP) is 3.85. The second-order valence-electron chi connectivity index (χ2n) is 11.4. The van der Waals surface area contributed by atoms with Gasteiger partial charge in [0.1, 0.15) is 12.7 Å². The third-order valence-electron chi connectivity index (χ3n) is 7.45. The van der Waals surface area contributed by atoms with Gasteiger partial charge < -0.3 is 24.1 Å². The number of allylic oxidation sites excluding steroid dienone is 1. The van der Waals surface area contributed by atoms with Crippen LogP contribution in [0.15, 0.2) is 72.8 Å². The fourth-order valence-corrected chi connectivity index (χ4v) is 4.93. The van der Waals surface area contributed by atoms with Gasteiger partial charge in [0, 0.05) is 20.0 Å². The molecule has 3 rings (SSSR count). The third kappa shape index (κ3) is 11.3. The molecule has 2 aromatic rings. The molecule has 1 aliphatic heterocycles. The van der Waals surface area contributed by atoms with Crippen molar-refractivity contribution in [2.75, 3.05) is 26.4 Å². The number of ether oxygens (including phenoxy) is 4. The van der Waals surface area contributed by atoms with E-state index in [1.807, 2.05) is 44.2 Å². The summed E-state index contributed by atoms with van der Waals surface area (Å²) in [6, 6.07) is 17.8. The Kier molecular flexibility index (Phi) is 14.7. The summed E-state index contributed by atoms with van der Waals surface area (Å²) in [5.41, 5.74) is 1.66. The second-order valence-corrected chi connectivity index (χ2v) is 11.4. The number of esters is 1. The minimum Gasteiger partial charge on any atom is -0.453 e. The summed E-state index contributed by atoms with van der Waals surface area (Å²) in [5, 5.41) is 9.56. The van der Waals surface area contributed by atoms with Gasteiger partial charge in [-0.25, -0.2) is 9.69 Å². The minimum absolute atomic E-state index is 0.000970. The molecular formula is C35H43NO10. The topological polar surface area (TPSA) is 146 Å². The first-order valence-corrected chi connectivity index (χ1v) is 15.4. The van der Waals surface area contributed by atoms with Crippen LogP contribution in [-0.4, -0.2) is 84.2 Å². The number of ketones is 2. The number of hydrogen-bond acceptors (Lipinski definition) is 10. The van der Waals surface area contributed by atoms with Gasteiger partial charge in [0.05, 0.1) is 31.8 Å². The fraction of sp³-hybridized carbons (Fsp3) is 0.457. The number of hydrogen-bond donors (Lipinski definition) is 1. The van der Waals surface area contributed by atoms with Gasteiger partial charge in [0.15, 0.2) is 17.7 Å². The lowest BCUT2D eigenvalue weighted by atomic mass is 9.89. The molecule has 1 N–H and O–H groups in total. The largest absolute Gasteiger partial charge is 0.453 e. The van der Waals surface area contributed by atoms with Gasteiger partial charge in [-0.1, -0.05) is 74.5 Å². The van der Waals surface area contributed by atoms with Crippen molar-refractivity contribution >= 4 is 29.5 Å². The number of imide groups is 1.